The van der Waals surface area contributed by atoms with Crippen molar-refractivity contribution in [2.75, 3.05) is 0 Å². The lowest BCUT2D eigenvalue weighted by atomic mass is 10.3. The molecular formula is C6H7BrF2N4O. The molecule has 1 aromatic rings. The molecule has 14 heavy (non-hydrogen) atoms. The third kappa shape index (κ3) is 2.48. The highest BCUT2D eigenvalue weighted by Crippen LogP contribution is 2.17. The second-order valence-electron chi connectivity index (χ2n) is 2.53. The van der Waals surface area contributed by atoms with Gasteiger partial charge in [0.1, 0.15) is 6.54 Å². The Morgan fingerprint density at radius 3 is 2.86 bits per heavy atom. The summed E-state index contributed by atoms with van der Waals surface area (Å²) in [6, 6.07) is 0. The van der Waals surface area contributed by atoms with E-state index in [2.05, 4.69) is 26.9 Å². The van der Waals surface area contributed by atoms with E-state index in [1.54, 1.807) is 0 Å². The molecule has 1 heterocycles. The molecule has 0 atom stereocenters. The molecule has 0 aliphatic heterocycles. The molecule has 0 aliphatic rings. The standard InChI is InChI=1S/C6H7BrF2N4O/c7-4-1-11-13(2-4)3-6(8,9)5(14)12-10/h1-2H,3,10H2,(H,12,14). The van der Waals surface area contributed by atoms with E-state index in [4.69, 9.17) is 0 Å². The number of hydrogen-bond acceptors (Lipinski definition) is 3. The Balaban J connectivity index is 2.72. The SMILES string of the molecule is NNC(=O)C(F)(F)Cn1cc(Br)cn1. The zero-order valence-electron chi connectivity index (χ0n) is 6.88. The van der Waals surface area contributed by atoms with Gasteiger partial charge in [-0.2, -0.15) is 13.9 Å². The third-order valence-corrected chi connectivity index (χ3v) is 1.84. The van der Waals surface area contributed by atoms with Crippen molar-refractivity contribution in [1.82, 2.24) is 15.2 Å². The fourth-order valence-electron chi connectivity index (χ4n) is 0.806. The van der Waals surface area contributed by atoms with Crippen molar-refractivity contribution in [1.29, 1.82) is 0 Å². The number of nitrogens with one attached hydrogen (secondary N) is 1. The summed E-state index contributed by atoms with van der Waals surface area (Å²) in [4.78, 5) is 10.6. The highest BCUT2D eigenvalue weighted by atomic mass is 79.9. The van der Waals surface area contributed by atoms with Crippen LogP contribution in [0.15, 0.2) is 16.9 Å². The molecule has 78 valence electrons. The van der Waals surface area contributed by atoms with Gasteiger partial charge in [-0.15, -0.1) is 0 Å². The number of hydrogen-bond donors (Lipinski definition) is 2. The van der Waals surface area contributed by atoms with E-state index in [0.717, 1.165) is 4.68 Å². The predicted octanol–water partition coefficient (Wildman–Crippen LogP) is 0.271. The summed E-state index contributed by atoms with van der Waals surface area (Å²) >= 11 is 3.04. The summed E-state index contributed by atoms with van der Waals surface area (Å²) in [7, 11) is 0. The van der Waals surface area contributed by atoms with Crippen LogP contribution in [0.3, 0.4) is 0 Å². The molecule has 1 rings (SSSR count). The van der Waals surface area contributed by atoms with Gasteiger partial charge in [0, 0.05) is 6.20 Å². The monoisotopic (exact) mass is 268 g/mol. The van der Waals surface area contributed by atoms with Crippen LogP contribution in [0.25, 0.3) is 0 Å². The van der Waals surface area contributed by atoms with E-state index in [1.165, 1.54) is 17.8 Å². The molecule has 1 aromatic heterocycles. The molecule has 0 bridgehead atoms. The molecule has 0 unspecified atom stereocenters. The quantitative estimate of drug-likeness (QED) is 0.470. The number of carbonyl (C=O) groups excluding carboxylic acids is 1. The number of rotatable bonds is 3. The summed E-state index contributed by atoms with van der Waals surface area (Å²) in [5.74, 6) is -0.509. The summed E-state index contributed by atoms with van der Waals surface area (Å²) in [5, 5.41) is 3.59. The van der Waals surface area contributed by atoms with Crippen LogP contribution in [0.4, 0.5) is 8.78 Å². The molecule has 3 N–H and O–H groups in total. The molecule has 0 saturated heterocycles. The molecule has 1 amide bonds. The van der Waals surface area contributed by atoms with Crippen LogP contribution in [0.5, 0.6) is 0 Å². The minimum Gasteiger partial charge on any atom is -0.289 e. The van der Waals surface area contributed by atoms with Gasteiger partial charge in [0.05, 0.1) is 10.7 Å². The summed E-state index contributed by atoms with van der Waals surface area (Å²) < 4.78 is 27.4. The highest BCUT2D eigenvalue weighted by Gasteiger charge is 2.39. The zero-order chi connectivity index (χ0) is 10.8. The van der Waals surface area contributed by atoms with Crippen LogP contribution >= 0.6 is 15.9 Å². The van der Waals surface area contributed by atoms with E-state index in [-0.39, 0.29) is 0 Å². The molecule has 0 fully saturated rings. The number of carbonyl (C=O) groups is 1. The van der Waals surface area contributed by atoms with Crippen molar-refractivity contribution in [3.05, 3.63) is 16.9 Å². The fraction of sp³-hybridized carbons (Fsp3) is 0.333. The van der Waals surface area contributed by atoms with Crippen LogP contribution in [-0.4, -0.2) is 21.6 Å². The molecule has 0 aliphatic carbocycles. The molecule has 5 nitrogen and oxygen atoms in total. The Kier molecular flexibility index (Phi) is 3.17. The summed E-state index contributed by atoms with van der Waals surface area (Å²) in [6.07, 6.45) is 2.67. The second kappa shape index (κ2) is 4.01. The predicted molar refractivity (Wildman–Crippen MR) is 47.2 cm³/mol. The minimum absolute atomic E-state index is 0.557. The lowest BCUT2D eigenvalue weighted by molar-refractivity contribution is -0.147. The third-order valence-electron chi connectivity index (χ3n) is 1.43. The van der Waals surface area contributed by atoms with Gasteiger partial charge in [0.15, 0.2) is 0 Å². The number of alkyl halides is 2. The average Bonchev–Trinajstić information content (AvgIpc) is 2.48. The zero-order valence-corrected chi connectivity index (χ0v) is 8.46. The number of nitrogens with two attached hydrogens (primary N) is 1. The maximum Gasteiger partial charge on any atom is 0.344 e. The van der Waals surface area contributed by atoms with Gasteiger partial charge in [0.25, 0.3) is 0 Å². The summed E-state index contributed by atoms with van der Waals surface area (Å²) in [6.45, 7) is -0.846. The highest BCUT2D eigenvalue weighted by molar-refractivity contribution is 9.10. The van der Waals surface area contributed by atoms with Gasteiger partial charge in [-0.05, 0) is 15.9 Å². The van der Waals surface area contributed by atoms with Crippen LogP contribution in [0.2, 0.25) is 0 Å². The topological polar surface area (TPSA) is 72.9 Å². The molecule has 0 radical (unpaired) electrons. The molecule has 0 saturated carbocycles. The van der Waals surface area contributed by atoms with Crippen molar-refractivity contribution in [3.63, 3.8) is 0 Å². The van der Waals surface area contributed by atoms with Gasteiger partial charge in [-0.1, -0.05) is 0 Å². The van der Waals surface area contributed by atoms with E-state index in [9.17, 15) is 13.6 Å². The van der Waals surface area contributed by atoms with Gasteiger partial charge in [-0.25, -0.2) is 5.84 Å². The number of aromatic nitrogens is 2. The maximum absolute atomic E-state index is 12.9. The molecule has 8 heteroatoms. The first-order valence-electron chi connectivity index (χ1n) is 3.52. The number of nitrogens with zero attached hydrogens (tertiary/aromatic N) is 2. The van der Waals surface area contributed by atoms with E-state index in [0.29, 0.717) is 4.47 Å². The van der Waals surface area contributed by atoms with Crippen LogP contribution in [0.1, 0.15) is 0 Å². The van der Waals surface area contributed by atoms with Crippen LogP contribution in [-0.2, 0) is 11.3 Å². The van der Waals surface area contributed by atoms with Crippen molar-refractivity contribution < 1.29 is 13.6 Å². The first kappa shape index (κ1) is 11.1. The van der Waals surface area contributed by atoms with Crippen molar-refractivity contribution in [2.45, 2.75) is 12.5 Å². The smallest absolute Gasteiger partial charge is 0.289 e. The van der Waals surface area contributed by atoms with E-state index < -0.39 is 18.4 Å². The first-order chi connectivity index (χ1) is 6.45. The Labute approximate surface area is 86.4 Å². The second-order valence-corrected chi connectivity index (χ2v) is 3.45. The maximum atomic E-state index is 12.9. The van der Waals surface area contributed by atoms with Gasteiger partial charge >= 0.3 is 11.8 Å². The number of hydrazine groups is 1. The normalized spacial score (nSPS) is 11.4. The fourth-order valence-corrected chi connectivity index (χ4v) is 1.13. The number of halogens is 3. The average molecular weight is 269 g/mol. The first-order valence-corrected chi connectivity index (χ1v) is 4.32. The van der Waals surface area contributed by atoms with Crippen LogP contribution < -0.4 is 11.3 Å². The van der Waals surface area contributed by atoms with Gasteiger partial charge < -0.3 is 0 Å². The molecular weight excluding hydrogens is 262 g/mol. The van der Waals surface area contributed by atoms with E-state index in [1.807, 2.05) is 0 Å². The minimum atomic E-state index is -3.57. The summed E-state index contributed by atoms with van der Waals surface area (Å²) in [5.41, 5.74) is 1.39. The van der Waals surface area contributed by atoms with Gasteiger partial charge in [-0.3, -0.25) is 14.9 Å². The lowest BCUT2D eigenvalue weighted by Gasteiger charge is -2.13. The van der Waals surface area contributed by atoms with Crippen molar-refractivity contribution >= 4 is 21.8 Å². The molecule has 0 aromatic carbocycles. The Morgan fingerprint density at radius 2 is 2.43 bits per heavy atom. The Morgan fingerprint density at radius 1 is 1.79 bits per heavy atom. The van der Waals surface area contributed by atoms with Crippen molar-refractivity contribution in [2.24, 2.45) is 5.84 Å². The Hall–Kier alpha value is -1.02. The largest absolute Gasteiger partial charge is 0.344 e. The van der Waals surface area contributed by atoms with Gasteiger partial charge in [0.2, 0.25) is 0 Å². The van der Waals surface area contributed by atoms with E-state index >= 15 is 0 Å². The Bertz CT molecular complexity index is 340. The number of amides is 1. The van der Waals surface area contributed by atoms with Crippen molar-refractivity contribution in [3.8, 4) is 0 Å². The van der Waals surface area contributed by atoms with Crippen LogP contribution in [0, 0.1) is 0 Å². The lowest BCUT2D eigenvalue weighted by Crippen LogP contribution is -2.46. The molecule has 0 spiro atoms.